The monoisotopic (exact) mass is 250 g/mol. The third-order valence-electron chi connectivity index (χ3n) is 0.687. The molecular weight excluding hydrogens is 234 g/mol. The van der Waals surface area contributed by atoms with Crippen LogP contribution in [-0.2, 0) is 0 Å². The van der Waals surface area contributed by atoms with E-state index in [0.717, 1.165) is 0 Å². The molecule has 1 heterocycles. The molecule has 0 aromatic carbocycles. The summed E-state index contributed by atoms with van der Waals surface area (Å²) in [4.78, 5) is 19.5. The molecule has 0 bridgehead atoms. The van der Waals surface area contributed by atoms with E-state index >= 15 is 0 Å². The summed E-state index contributed by atoms with van der Waals surface area (Å²) >= 11 is 0. The van der Waals surface area contributed by atoms with Crippen LogP contribution in [0, 0.1) is 7.05 Å². The minimum Gasteiger partial charge on any atom is -0.412 e. The first-order valence-corrected chi connectivity index (χ1v) is 3.28. The fraction of sp³-hybridized carbons (Fsp3) is 0. The van der Waals surface area contributed by atoms with Crippen molar-refractivity contribution in [1.82, 2.24) is 15.0 Å². The van der Waals surface area contributed by atoms with Crippen LogP contribution >= 0.6 is 0 Å². The molecule has 2 amide bonds. The SMILES string of the molecule is NC(N)=O.Nc1nc(N)nc(N)n1.O.O.[C]N. The Hall–Kier alpha value is -2.44. The summed E-state index contributed by atoms with van der Waals surface area (Å²) in [5.41, 5.74) is 27.7. The van der Waals surface area contributed by atoms with Crippen LogP contribution in [0.1, 0.15) is 0 Å². The molecule has 0 atom stereocenters. The number of hydrogen-bond acceptors (Lipinski definition) is 8. The maximum atomic E-state index is 9.00. The van der Waals surface area contributed by atoms with Crippen LogP contribution in [0.5, 0.6) is 0 Å². The number of urea groups is 1. The highest BCUT2D eigenvalue weighted by Crippen LogP contribution is 1.97. The van der Waals surface area contributed by atoms with Gasteiger partial charge in [-0.05, 0) is 0 Å². The van der Waals surface area contributed by atoms with Gasteiger partial charge < -0.3 is 45.4 Å². The molecular formula is C5H16N9O3. The zero-order valence-electron chi connectivity index (χ0n) is 8.71. The maximum Gasteiger partial charge on any atom is 0.309 e. The number of hydrogen-bond donors (Lipinski definition) is 6. The van der Waals surface area contributed by atoms with E-state index in [1.54, 1.807) is 0 Å². The summed E-state index contributed by atoms with van der Waals surface area (Å²) in [6, 6.07) is -0.833. The number of nitrogen functional groups attached to an aromatic ring is 3. The Bertz CT molecular complexity index is 252. The third kappa shape index (κ3) is 19.8. The van der Waals surface area contributed by atoms with Gasteiger partial charge in [-0.3, -0.25) is 0 Å². The highest BCUT2D eigenvalue weighted by molar-refractivity contribution is 5.69. The normalized spacial score (nSPS) is 6.71. The van der Waals surface area contributed by atoms with Crippen molar-refractivity contribution in [2.24, 2.45) is 17.2 Å². The average molecular weight is 250 g/mol. The van der Waals surface area contributed by atoms with Crippen LogP contribution in [0.25, 0.3) is 0 Å². The van der Waals surface area contributed by atoms with Crippen molar-refractivity contribution < 1.29 is 15.7 Å². The zero-order chi connectivity index (χ0) is 12.4. The Kier molecular flexibility index (Phi) is 19.1. The van der Waals surface area contributed by atoms with Gasteiger partial charge in [0.25, 0.3) is 0 Å². The van der Waals surface area contributed by atoms with Gasteiger partial charge in [0.1, 0.15) is 0 Å². The maximum absolute atomic E-state index is 9.00. The second-order valence-corrected chi connectivity index (χ2v) is 1.81. The molecule has 0 aliphatic heterocycles. The summed E-state index contributed by atoms with van der Waals surface area (Å²) in [5, 5.41) is 0. The topological polar surface area (TPSA) is 275 Å². The van der Waals surface area contributed by atoms with Crippen molar-refractivity contribution >= 4 is 23.9 Å². The van der Waals surface area contributed by atoms with Crippen molar-refractivity contribution in [2.45, 2.75) is 0 Å². The first-order valence-electron chi connectivity index (χ1n) is 3.28. The van der Waals surface area contributed by atoms with E-state index in [1.165, 1.54) is 0 Å². The molecule has 0 unspecified atom stereocenters. The van der Waals surface area contributed by atoms with E-state index in [4.69, 9.17) is 29.0 Å². The van der Waals surface area contributed by atoms with Gasteiger partial charge in [-0.2, -0.15) is 15.0 Å². The minimum atomic E-state index is -0.833. The van der Waals surface area contributed by atoms with E-state index in [-0.39, 0.29) is 28.8 Å². The first kappa shape index (κ1) is 24.0. The van der Waals surface area contributed by atoms with E-state index in [9.17, 15) is 0 Å². The number of primary amides is 2. The lowest BCUT2D eigenvalue weighted by molar-refractivity contribution is 0.256. The molecule has 1 aromatic heterocycles. The number of rotatable bonds is 0. The fourth-order valence-corrected chi connectivity index (χ4v) is 0.427. The van der Waals surface area contributed by atoms with Crippen molar-refractivity contribution in [1.29, 1.82) is 0 Å². The fourth-order valence-electron chi connectivity index (χ4n) is 0.427. The van der Waals surface area contributed by atoms with Gasteiger partial charge in [-0.1, -0.05) is 0 Å². The molecule has 0 saturated carbocycles. The van der Waals surface area contributed by atoms with Crippen LogP contribution in [0.2, 0.25) is 0 Å². The number of amides is 2. The highest BCUT2D eigenvalue weighted by atomic mass is 16.2. The predicted molar refractivity (Wildman–Crippen MR) is 61.5 cm³/mol. The van der Waals surface area contributed by atoms with Crippen LogP contribution in [0.4, 0.5) is 22.6 Å². The van der Waals surface area contributed by atoms with E-state index < -0.39 is 6.03 Å². The van der Waals surface area contributed by atoms with Crippen LogP contribution in [0.15, 0.2) is 0 Å². The Balaban J connectivity index is -0.0000000925. The largest absolute Gasteiger partial charge is 0.412 e. The van der Waals surface area contributed by atoms with Gasteiger partial charge in [-0.15, -0.1) is 0 Å². The molecule has 99 valence electrons. The molecule has 1 aromatic rings. The van der Waals surface area contributed by atoms with Crippen molar-refractivity contribution in [3.05, 3.63) is 7.05 Å². The molecule has 1 rings (SSSR count). The van der Waals surface area contributed by atoms with Crippen molar-refractivity contribution in [3.8, 4) is 0 Å². The van der Waals surface area contributed by atoms with Gasteiger partial charge in [-0.25, -0.2) is 4.79 Å². The standard InChI is InChI=1S/C3H6N6.CH4N2O.CH2N.2H2O/c4-1-7-2(5)9-3(6)8-1;2-1(3)4;1-2;;/h(H6,4,5,6,7,8,9);(H4,2,3,4);2H2;2*1H2. The Morgan fingerprint density at radius 3 is 1.06 bits per heavy atom. The smallest absolute Gasteiger partial charge is 0.309 e. The Morgan fingerprint density at radius 2 is 0.941 bits per heavy atom. The Morgan fingerprint density at radius 1 is 0.824 bits per heavy atom. The predicted octanol–water partition coefficient (Wildman–Crippen LogP) is -4.52. The molecule has 3 radical (unpaired) electrons. The lowest BCUT2D eigenvalue weighted by atomic mass is 10.9. The van der Waals surface area contributed by atoms with E-state index in [0.29, 0.717) is 0 Å². The van der Waals surface area contributed by atoms with Crippen LogP contribution in [0.3, 0.4) is 0 Å². The molecule has 0 spiro atoms. The molecule has 0 fully saturated rings. The van der Waals surface area contributed by atoms with Crippen molar-refractivity contribution in [2.75, 3.05) is 17.2 Å². The van der Waals surface area contributed by atoms with E-state index in [2.05, 4.69) is 32.2 Å². The number of anilines is 3. The van der Waals surface area contributed by atoms with Crippen molar-refractivity contribution in [3.63, 3.8) is 0 Å². The van der Waals surface area contributed by atoms with Crippen LogP contribution < -0.4 is 34.4 Å². The lowest BCUT2D eigenvalue weighted by Gasteiger charge is -1.93. The average Bonchev–Trinajstić information content (AvgIpc) is 2.03. The van der Waals surface area contributed by atoms with Gasteiger partial charge in [0.15, 0.2) is 0 Å². The molecule has 0 aliphatic rings. The van der Waals surface area contributed by atoms with Gasteiger partial charge >= 0.3 is 6.03 Å². The van der Waals surface area contributed by atoms with Gasteiger partial charge in [0.2, 0.25) is 17.8 Å². The lowest BCUT2D eigenvalue weighted by Crippen LogP contribution is -2.18. The Labute approximate surface area is 97.0 Å². The van der Waals surface area contributed by atoms with E-state index in [1.807, 2.05) is 0 Å². The molecule has 12 heteroatoms. The number of carbonyl (C=O) groups excluding carboxylic acids is 1. The molecule has 16 N–H and O–H groups in total. The summed E-state index contributed by atoms with van der Waals surface area (Å²) in [6.45, 7) is 0. The molecule has 0 aliphatic carbocycles. The first-order chi connectivity index (χ1) is 6.91. The molecule has 17 heavy (non-hydrogen) atoms. The van der Waals surface area contributed by atoms with Gasteiger partial charge in [0, 0.05) is 0 Å². The second kappa shape index (κ2) is 13.6. The summed E-state index contributed by atoms with van der Waals surface area (Å²) in [6.07, 6.45) is 0. The van der Waals surface area contributed by atoms with Crippen LogP contribution in [-0.4, -0.2) is 31.9 Å². The number of nitrogens with two attached hydrogens (primary N) is 6. The third-order valence-corrected chi connectivity index (χ3v) is 0.687. The quantitative estimate of drug-likeness (QED) is 0.260. The number of aromatic nitrogens is 3. The zero-order valence-corrected chi connectivity index (χ0v) is 8.71. The molecule has 0 saturated heterocycles. The summed E-state index contributed by atoms with van der Waals surface area (Å²) in [7, 11) is 5.25. The minimum absolute atomic E-state index is 0. The van der Waals surface area contributed by atoms with Gasteiger partial charge in [0.05, 0.1) is 7.05 Å². The number of nitrogens with zero attached hydrogens (tertiary/aromatic N) is 3. The summed E-state index contributed by atoms with van der Waals surface area (Å²) < 4.78 is 0. The molecule has 12 nitrogen and oxygen atoms in total. The summed E-state index contributed by atoms with van der Waals surface area (Å²) in [5.74, 6) is 0.125. The number of carbonyl (C=O) groups is 1. The second-order valence-electron chi connectivity index (χ2n) is 1.81. The highest BCUT2D eigenvalue weighted by Gasteiger charge is 1.93.